The van der Waals surface area contributed by atoms with Crippen molar-refractivity contribution in [3.63, 3.8) is 0 Å². The summed E-state index contributed by atoms with van der Waals surface area (Å²) >= 11 is 0. The summed E-state index contributed by atoms with van der Waals surface area (Å²) in [5, 5.41) is 2.70. The van der Waals surface area contributed by atoms with E-state index in [2.05, 4.69) is 5.32 Å². The summed E-state index contributed by atoms with van der Waals surface area (Å²) in [7, 11) is 2.77. The van der Waals surface area contributed by atoms with Crippen LogP contribution in [0.5, 0.6) is 0 Å². The van der Waals surface area contributed by atoms with Gasteiger partial charge in [-0.1, -0.05) is 0 Å². The zero-order valence-electron chi connectivity index (χ0n) is 8.06. The minimum atomic E-state index is -4.32. The summed E-state index contributed by atoms with van der Waals surface area (Å²) in [5.74, 6) is -0.485. The van der Waals surface area contributed by atoms with Gasteiger partial charge >= 0.3 is 6.18 Å². The predicted molar refractivity (Wildman–Crippen MR) is 44.7 cm³/mol. The quantitative estimate of drug-likeness (QED) is 0.693. The number of likely N-dealkylation sites (tertiary alicyclic amines) is 1. The van der Waals surface area contributed by atoms with Crippen LogP contribution in [0.1, 0.15) is 12.8 Å². The maximum atomic E-state index is 12.4. The van der Waals surface area contributed by atoms with Gasteiger partial charge in [0.15, 0.2) is 0 Å². The highest BCUT2D eigenvalue weighted by Crippen LogP contribution is 2.31. The van der Waals surface area contributed by atoms with E-state index in [-0.39, 0.29) is 12.8 Å². The zero-order chi connectivity index (χ0) is 10.9. The second-order valence-corrected chi connectivity index (χ2v) is 3.43. The van der Waals surface area contributed by atoms with Crippen LogP contribution < -0.4 is 5.32 Å². The van der Waals surface area contributed by atoms with Gasteiger partial charge in [-0.2, -0.15) is 13.2 Å². The van der Waals surface area contributed by atoms with E-state index < -0.39 is 24.2 Å². The van der Waals surface area contributed by atoms with Gasteiger partial charge in [0.25, 0.3) is 0 Å². The normalized spacial score (nSPS) is 29.5. The Morgan fingerprint density at radius 3 is 2.43 bits per heavy atom. The first-order chi connectivity index (χ1) is 6.38. The predicted octanol–water partition coefficient (Wildman–Crippen LogP) is 0.757. The van der Waals surface area contributed by atoms with Gasteiger partial charge in [-0.15, -0.1) is 0 Å². The van der Waals surface area contributed by atoms with Crippen molar-refractivity contribution in [1.29, 1.82) is 0 Å². The Hall–Kier alpha value is -0.780. The van der Waals surface area contributed by atoms with Crippen LogP contribution in [-0.2, 0) is 4.79 Å². The van der Waals surface area contributed by atoms with Gasteiger partial charge in [0, 0.05) is 7.05 Å². The third-order valence-electron chi connectivity index (χ3n) is 2.57. The molecule has 0 spiro atoms. The molecule has 0 unspecified atom stereocenters. The molecule has 1 fully saturated rings. The molecule has 0 aromatic carbocycles. The van der Waals surface area contributed by atoms with Crippen LogP contribution in [0.25, 0.3) is 0 Å². The number of nitrogens with zero attached hydrogens (tertiary/aromatic N) is 1. The largest absolute Gasteiger partial charge is 0.408 e. The summed E-state index contributed by atoms with van der Waals surface area (Å²) in [5.41, 5.74) is 0. The number of rotatable bonds is 1. The van der Waals surface area contributed by atoms with Gasteiger partial charge in [-0.25, -0.2) is 0 Å². The molecular formula is C8H13F3N2O. The number of nitrogens with one attached hydrogen (secondary N) is 1. The Bertz CT molecular complexity index is 229. The van der Waals surface area contributed by atoms with Crippen molar-refractivity contribution in [1.82, 2.24) is 10.2 Å². The number of hydrogen-bond donors (Lipinski definition) is 1. The third-order valence-corrected chi connectivity index (χ3v) is 2.57. The lowest BCUT2D eigenvalue weighted by Gasteiger charge is -2.37. The number of halogens is 3. The molecule has 2 atom stereocenters. The summed E-state index contributed by atoms with van der Waals surface area (Å²) in [6, 6.07) is -2.10. The van der Waals surface area contributed by atoms with E-state index in [9.17, 15) is 18.0 Å². The van der Waals surface area contributed by atoms with Crippen LogP contribution >= 0.6 is 0 Å². The van der Waals surface area contributed by atoms with Crippen LogP contribution in [0.15, 0.2) is 0 Å². The molecule has 1 heterocycles. The van der Waals surface area contributed by atoms with Crippen LogP contribution in [0.2, 0.25) is 0 Å². The van der Waals surface area contributed by atoms with Crippen molar-refractivity contribution in [3.05, 3.63) is 0 Å². The Morgan fingerprint density at radius 1 is 1.43 bits per heavy atom. The number of carbonyl (C=O) groups is 1. The monoisotopic (exact) mass is 210 g/mol. The first-order valence-electron chi connectivity index (χ1n) is 4.38. The second-order valence-electron chi connectivity index (χ2n) is 3.43. The summed E-state index contributed by atoms with van der Waals surface area (Å²) < 4.78 is 37.1. The lowest BCUT2D eigenvalue weighted by atomic mass is 9.98. The third kappa shape index (κ3) is 2.00. The van der Waals surface area contributed by atoms with Gasteiger partial charge in [0.05, 0.1) is 6.04 Å². The molecule has 3 nitrogen and oxygen atoms in total. The Morgan fingerprint density at radius 2 is 2.00 bits per heavy atom. The molecular weight excluding hydrogens is 197 g/mol. The van der Waals surface area contributed by atoms with Gasteiger partial charge in [-0.3, -0.25) is 4.79 Å². The Kier molecular flexibility index (Phi) is 3.04. The fourth-order valence-electron chi connectivity index (χ4n) is 1.69. The minimum Gasteiger partial charge on any atom is -0.332 e. The topological polar surface area (TPSA) is 32.3 Å². The molecule has 6 heteroatoms. The molecule has 1 N–H and O–H groups in total. The highest BCUT2D eigenvalue weighted by molar-refractivity contribution is 5.82. The molecule has 1 amide bonds. The molecule has 1 rings (SSSR count). The van der Waals surface area contributed by atoms with Gasteiger partial charge in [-0.05, 0) is 19.9 Å². The molecule has 1 aliphatic heterocycles. The summed E-state index contributed by atoms with van der Waals surface area (Å²) in [6.07, 6.45) is -4.11. The number of carbonyl (C=O) groups excluding carboxylic acids is 1. The first-order valence-corrected chi connectivity index (χ1v) is 4.38. The Labute approximate surface area is 80.3 Å². The van der Waals surface area contributed by atoms with Crippen LogP contribution in [-0.4, -0.2) is 43.2 Å². The van der Waals surface area contributed by atoms with Crippen molar-refractivity contribution < 1.29 is 18.0 Å². The smallest absolute Gasteiger partial charge is 0.332 e. The van der Waals surface area contributed by atoms with Crippen molar-refractivity contribution in [2.24, 2.45) is 0 Å². The second kappa shape index (κ2) is 3.76. The van der Waals surface area contributed by atoms with Gasteiger partial charge in [0.1, 0.15) is 6.04 Å². The minimum absolute atomic E-state index is 0.0305. The molecule has 0 aromatic heterocycles. The number of piperidine rings is 1. The van der Waals surface area contributed by atoms with Crippen LogP contribution in [0, 0.1) is 0 Å². The molecule has 14 heavy (non-hydrogen) atoms. The van der Waals surface area contributed by atoms with E-state index >= 15 is 0 Å². The first kappa shape index (κ1) is 11.3. The highest BCUT2D eigenvalue weighted by Gasteiger charge is 2.47. The maximum absolute atomic E-state index is 12.4. The van der Waals surface area contributed by atoms with E-state index in [4.69, 9.17) is 0 Å². The lowest BCUT2D eigenvalue weighted by Crippen LogP contribution is -2.57. The highest BCUT2D eigenvalue weighted by atomic mass is 19.4. The zero-order valence-corrected chi connectivity index (χ0v) is 8.06. The number of amides is 1. The molecule has 0 saturated carbocycles. The molecule has 0 aliphatic carbocycles. The average Bonchev–Trinajstić information content (AvgIpc) is 2.07. The number of hydrogen-bond acceptors (Lipinski definition) is 2. The average molecular weight is 210 g/mol. The van der Waals surface area contributed by atoms with E-state index in [1.54, 1.807) is 7.05 Å². The van der Waals surface area contributed by atoms with E-state index in [0.717, 1.165) is 4.90 Å². The van der Waals surface area contributed by atoms with E-state index in [1.165, 1.54) is 7.05 Å². The van der Waals surface area contributed by atoms with Gasteiger partial charge in [0.2, 0.25) is 5.91 Å². The molecule has 1 saturated heterocycles. The lowest BCUT2D eigenvalue weighted by molar-refractivity contribution is -0.194. The summed E-state index contributed by atoms with van der Waals surface area (Å²) in [6.45, 7) is 0. The van der Waals surface area contributed by atoms with Gasteiger partial charge < -0.3 is 10.2 Å². The van der Waals surface area contributed by atoms with Crippen molar-refractivity contribution in [2.75, 3.05) is 14.1 Å². The summed E-state index contributed by atoms with van der Waals surface area (Å²) in [4.78, 5) is 12.2. The van der Waals surface area contributed by atoms with E-state index in [1.807, 2.05) is 0 Å². The fraction of sp³-hybridized carbons (Fsp3) is 0.875. The van der Waals surface area contributed by atoms with E-state index in [0.29, 0.717) is 0 Å². The number of alkyl halides is 3. The van der Waals surface area contributed by atoms with Crippen LogP contribution in [0.4, 0.5) is 13.2 Å². The van der Waals surface area contributed by atoms with Crippen molar-refractivity contribution >= 4 is 5.91 Å². The maximum Gasteiger partial charge on any atom is 0.408 e. The van der Waals surface area contributed by atoms with Crippen molar-refractivity contribution in [2.45, 2.75) is 31.1 Å². The van der Waals surface area contributed by atoms with Crippen LogP contribution in [0.3, 0.4) is 0 Å². The Balaban J connectivity index is 2.74. The molecule has 0 aromatic rings. The SMILES string of the molecule is CN[C@@H]1CC[C@H](C(F)(F)F)N(C)C1=O. The molecule has 0 bridgehead atoms. The fourth-order valence-corrected chi connectivity index (χ4v) is 1.69. The number of likely N-dealkylation sites (N-methyl/N-ethyl adjacent to an activating group) is 2. The molecule has 1 aliphatic rings. The van der Waals surface area contributed by atoms with Crippen molar-refractivity contribution in [3.8, 4) is 0 Å². The standard InChI is InChI=1S/C8H13F3N2O/c1-12-5-3-4-6(8(9,10)11)13(2)7(5)14/h5-6,12H,3-4H2,1-2H3/t5-,6-/m1/s1. The molecule has 82 valence electrons. The molecule has 0 radical (unpaired) electrons.